The van der Waals surface area contributed by atoms with E-state index in [1.54, 1.807) is 0 Å². The van der Waals surface area contributed by atoms with Crippen molar-refractivity contribution in [3.63, 3.8) is 0 Å². The highest BCUT2D eigenvalue weighted by atomic mass is 35.5. The second-order valence-corrected chi connectivity index (χ2v) is 3.79. The molecular weight excluding hydrogens is 226 g/mol. The maximum atomic E-state index is 5.58. The standard InChI is InChI=1S/C11H12ClN3O/c1-7-4-3-5-8(2)10(7)13-11-15-14-9(6-12)16-11/h3-5H,6H2,1-2H3,(H,13,15). The summed E-state index contributed by atoms with van der Waals surface area (Å²) in [6.45, 7) is 4.04. The van der Waals surface area contributed by atoms with Gasteiger partial charge in [0.1, 0.15) is 5.88 Å². The Kier molecular flexibility index (Phi) is 3.10. The molecule has 0 aliphatic heterocycles. The first-order valence-electron chi connectivity index (χ1n) is 4.92. The van der Waals surface area contributed by atoms with Gasteiger partial charge >= 0.3 is 6.01 Å². The molecule has 2 rings (SSSR count). The molecule has 1 heterocycles. The van der Waals surface area contributed by atoms with Gasteiger partial charge in [0.2, 0.25) is 5.89 Å². The van der Waals surface area contributed by atoms with Crippen LogP contribution in [0.4, 0.5) is 11.7 Å². The Labute approximate surface area is 98.6 Å². The number of anilines is 2. The van der Waals surface area contributed by atoms with Crippen LogP contribution in [0.2, 0.25) is 0 Å². The molecule has 0 saturated heterocycles. The molecule has 5 heteroatoms. The summed E-state index contributed by atoms with van der Waals surface area (Å²) in [5.74, 6) is 0.636. The van der Waals surface area contributed by atoms with E-state index in [0.717, 1.165) is 16.8 Å². The number of hydrogen-bond acceptors (Lipinski definition) is 4. The van der Waals surface area contributed by atoms with E-state index in [1.807, 2.05) is 32.0 Å². The first-order valence-corrected chi connectivity index (χ1v) is 5.45. The molecule has 0 fully saturated rings. The molecule has 0 aliphatic rings. The van der Waals surface area contributed by atoms with Crippen molar-refractivity contribution in [3.05, 3.63) is 35.2 Å². The highest BCUT2D eigenvalue weighted by Gasteiger charge is 2.08. The number of alkyl halides is 1. The SMILES string of the molecule is Cc1cccc(C)c1Nc1nnc(CCl)o1. The van der Waals surface area contributed by atoms with Crippen LogP contribution in [-0.2, 0) is 5.88 Å². The Morgan fingerprint density at radius 3 is 2.50 bits per heavy atom. The van der Waals surface area contributed by atoms with E-state index >= 15 is 0 Å². The minimum absolute atomic E-state index is 0.224. The van der Waals surface area contributed by atoms with Gasteiger partial charge in [-0.3, -0.25) is 0 Å². The summed E-state index contributed by atoms with van der Waals surface area (Å²) in [6.07, 6.45) is 0. The van der Waals surface area contributed by atoms with E-state index in [4.69, 9.17) is 16.0 Å². The number of benzene rings is 1. The predicted octanol–water partition coefficient (Wildman–Crippen LogP) is 3.17. The lowest BCUT2D eigenvalue weighted by molar-refractivity contribution is 0.530. The molecule has 0 amide bonds. The fourth-order valence-corrected chi connectivity index (χ4v) is 1.58. The normalized spacial score (nSPS) is 10.4. The molecule has 0 aliphatic carbocycles. The summed E-state index contributed by atoms with van der Waals surface area (Å²) in [4.78, 5) is 0. The summed E-state index contributed by atoms with van der Waals surface area (Å²) in [5.41, 5.74) is 3.25. The van der Waals surface area contributed by atoms with Crippen molar-refractivity contribution in [3.8, 4) is 0 Å². The summed E-state index contributed by atoms with van der Waals surface area (Å²) >= 11 is 5.58. The molecule has 0 atom stereocenters. The summed E-state index contributed by atoms with van der Waals surface area (Å²) in [5, 5.41) is 10.7. The molecule has 1 N–H and O–H groups in total. The smallest absolute Gasteiger partial charge is 0.320 e. The summed E-state index contributed by atoms with van der Waals surface area (Å²) in [7, 11) is 0. The summed E-state index contributed by atoms with van der Waals surface area (Å²) in [6, 6.07) is 6.42. The lowest BCUT2D eigenvalue weighted by Crippen LogP contribution is -1.95. The van der Waals surface area contributed by atoms with Crippen LogP contribution < -0.4 is 5.32 Å². The van der Waals surface area contributed by atoms with Gasteiger partial charge in [0, 0.05) is 5.69 Å². The predicted molar refractivity (Wildman–Crippen MR) is 63.1 cm³/mol. The maximum Gasteiger partial charge on any atom is 0.320 e. The van der Waals surface area contributed by atoms with Crippen molar-refractivity contribution in [1.29, 1.82) is 0 Å². The van der Waals surface area contributed by atoms with Gasteiger partial charge in [-0.25, -0.2) is 0 Å². The highest BCUT2D eigenvalue weighted by molar-refractivity contribution is 6.16. The fraction of sp³-hybridized carbons (Fsp3) is 0.273. The molecule has 0 spiro atoms. The van der Waals surface area contributed by atoms with Crippen LogP contribution in [0.25, 0.3) is 0 Å². The number of nitrogens with one attached hydrogen (secondary N) is 1. The first kappa shape index (κ1) is 11.0. The third-order valence-electron chi connectivity index (χ3n) is 2.29. The second kappa shape index (κ2) is 4.53. The van der Waals surface area contributed by atoms with Crippen molar-refractivity contribution in [2.45, 2.75) is 19.7 Å². The van der Waals surface area contributed by atoms with E-state index < -0.39 is 0 Å². The molecule has 84 valence electrons. The van der Waals surface area contributed by atoms with E-state index in [1.165, 1.54) is 0 Å². The van der Waals surface area contributed by atoms with E-state index in [-0.39, 0.29) is 5.88 Å². The number of rotatable bonds is 3. The van der Waals surface area contributed by atoms with Crippen molar-refractivity contribution in [2.24, 2.45) is 0 Å². The highest BCUT2D eigenvalue weighted by Crippen LogP contribution is 2.23. The Balaban J connectivity index is 2.26. The second-order valence-electron chi connectivity index (χ2n) is 3.53. The minimum Gasteiger partial charge on any atom is -0.407 e. The molecular formula is C11H12ClN3O. The van der Waals surface area contributed by atoms with Crippen LogP contribution in [0, 0.1) is 13.8 Å². The zero-order valence-corrected chi connectivity index (χ0v) is 9.88. The van der Waals surface area contributed by atoms with E-state index in [2.05, 4.69) is 15.5 Å². The number of aromatic nitrogens is 2. The number of para-hydroxylation sites is 1. The first-order chi connectivity index (χ1) is 7.70. The van der Waals surface area contributed by atoms with Crippen LogP contribution in [-0.4, -0.2) is 10.2 Å². The fourth-order valence-electron chi connectivity index (χ4n) is 1.48. The molecule has 0 saturated carbocycles. The van der Waals surface area contributed by atoms with Crippen molar-refractivity contribution in [2.75, 3.05) is 5.32 Å². The number of halogens is 1. The van der Waals surface area contributed by atoms with Crippen molar-refractivity contribution >= 4 is 23.3 Å². The van der Waals surface area contributed by atoms with Gasteiger partial charge in [0.15, 0.2) is 0 Å². The Morgan fingerprint density at radius 2 is 1.94 bits per heavy atom. The third-order valence-corrected chi connectivity index (χ3v) is 2.52. The van der Waals surface area contributed by atoms with Crippen LogP contribution in [0.15, 0.2) is 22.6 Å². The van der Waals surface area contributed by atoms with Crippen LogP contribution >= 0.6 is 11.6 Å². The minimum atomic E-state index is 0.224. The lowest BCUT2D eigenvalue weighted by Gasteiger charge is -2.08. The maximum absolute atomic E-state index is 5.58. The zero-order valence-electron chi connectivity index (χ0n) is 9.12. The van der Waals surface area contributed by atoms with Gasteiger partial charge in [-0.05, 0) is 25.0 Å². The van der Waals surface area contributed by atoms with Crippen LogP contribution in [0.5, 0.6) is 0 Å². The molecule has 0 radical (unpaired) electrons. The quantitative estimate of drug-likeness (QED) is 0.833. The largest absolute Gasteiger partial charge is 0.407 e. The van der Waals surface area contributed by atoms with Gasteiger partial charge in [0.25, 0.3) is 0 Å². The van der Waals surface area contributed by atoms with E-state index in [9.17, 15) is 0 Å². The van der Waals surface area contributed by atoms with Gasteiger partial charge in [-0.2, -0.15) is 0 Å². The Hall–Kier alpha value is -1.55. The van der Waals surface area contributed by atoms with Gasteiger partial charge in [-0.15, -0.1) is 16.7 Å². The van der Waals surface area contributed by atoms with Gasteiger partial charge in [0.05, 0.1) is 0 Å². The van der Waals surface area contributed by atoms with Crippen LogP contribution in [0.3, 0.4) is 0 Å². The molecule has 0 unspecified atom stereocenters. The van der Waals surface area contributed by atoms with Gasteiger partial charge < -0.3 is 9.73 Å². The molecule has 16 heavy (non-hydrogen) atoms. The van der Waals surface area contributed by atoms with Crippen molar-refractivity contribution < 1.29 is 4.42 Å². The molecule has 1 aromatic carbocycles. The lowest BCUT2D eigenvalue weighted by atomic mass is 10.1. The molecule has 4 nitrogen and oxygen atoms in total. The Morgan fingerprint density at radius 1 is 1.25 bits per heavy atom. The monoisotopic (exact) mass is 237 g/mol. The third kappa shape index (κ3) is 2.17. The van der Waals surface area contributed by atoms with Gasteiger partial charge in [-0.1, -0.05) is 23.3 Å². The number of aryl methyl sites for hydroxylation is 2. The number of hydrogen-bond donors (Lipinski definition) is 1. The zero-order chi connectivity index (χ0) is 11.5. The Bertz CT molecular complexity index is 475. The van der Waals surface area contributed by atoms with Crippen molar-refractivity contribution in [1.82, 2.24) is 10.2 Å². The number of nitrogens with zero attached hydrogens (tertiary/aromatic N) is 2. The summed E-state index contributed by atoms with van der Waals surface area (Å²) < 4.78 is 5.28. The van der Waals surface area contributed by atoms with E-state index in [0.29, 0.717) is 11.9 Å². The molecule has 0 bridgehead atoms. The van der Waals surface area contributed by atoms with Crippen LogP contribution in [0.1, 0.15) is 17.0 Å². The molecule has 2 aromatic rings. The topological polar surface area (TPSA) is 51.0 Å². The average Bonchev–Trinajstić information content (AvgIpc) is 2.71. The average molecular weight is 238 g/mol. The molecule has 1 aromatic heterocycles.